The van der Waals surface area contributed by atoms with Gasteiger partial charge in [-0.15, -0.1) is 6.58 Å². The highest BCUT2D eigenvalue weighted by molar-refractivity contribution is 9.10. The molecule has 0 spiro atoms. The number of halogens is 1. The lowest BCUT2D eigenvalue weighted by atomic mass is 9.58. The average molecular weight is 320 g/mol. The number of hydrogen-bond acceptors (Lipinski definition) is 1. The fraction of sp³-hybridized carbons (Fsp3) is 0.529. The molecule has 0 radical (unpaired) electrons. The lowest BCUT2D eigenvalue weighted by molar-refractivity contribution is 0.103. The summed E-state index contributed by atoms with van der Waals surface area (Å²) >= 11 is 3.78. The van der Waals surface area contributed by atoms with Crippen molar-refractivity contribution in [3.63, 3.8) is 0 Å². The summed E-state index contributed by atoms with van der Waals surface area (Å²) in [6.07, 6.45) is 2.30. The zero-order valence-corrected chi connectivity index (χ0v) is 13.5. The first-order valence-corrected chi connectivity index (χ1v) is 7.88. The number of piperidine rings is 1. The Balaban J connectivity index is 2.11. The molecule has 2 heterocycles. The van der Waals surface area contributed by atoms with Crippen molar-refractivity contribution >= 4 is 15.9 Å². The van der Waals surface area contributed by atoms with E-state index in [1.807, 2.05) is 0 Å². The minimum atomic E-state index is 0.354. The quantitative estimate of drug-likeness (QED) is 0.761. The Morgan fingerprint density at radius 3 is 2.89 bits per heavy atom. The van der Waals surface area contributed by atoms with E-state index in [0.717, 1.165) is 6.42 Å². The van der Waals surface area contributed by atoms with E-state index in [9.17, 15) is 0 Å². The zero-order chi connectivity index (χ0) is 13.8. The van der Waals surface area contributed by atoms with Gasteiger partial charge in [0.2, 0.25) is 0 Å². The lowest BCUT2D eigenvalue weighted by Crippen LogP contribution is -2.54. The van der Waals surface area contributed by atoms with Crippen LogP contribution in [-0.4, -0.2) is 6.04 Å². The van der Waals surface area contributed by atoms with E-state index in [-0.39, 0.29) is 0 Å². The summed E-state index contributed by atoms with van der Waals surface area (Å²) in [6.45, 7) is 11.1. The molecule has 2 aliphatic heterocycles. The molecule has 2 bridgehead atoms. The first kappa shape index (κ1) is 13.4. The van der Waals surface area contributed by atoms with Crippen LogP contribution in [0.5, 0.6) is 0 Å². The summed E-state index contributed by atoms with van der Waals surface area (Å²) in [7, 11) is 0. The summed E-state index contributed by atoms with van der Waals surface area (Å²) < 4.78 is 1.28. The highest BCUT2D eigenvalue weighted by Gasteiger charge is 2.49. The third-order valence-corrected chi connectivity index (χ3v) is 5.42. The van der Waals surface area contributed by atoms with Crippen LogP contribution in [0, 0.1) is 5.41 Å². The molecular weight excluding hydrogens is 298 g/mol. The second-order valence-electron chi connectivity index (χ2n) is 6.90. The Labute approximate surface area is 124 Å². The molecular formula is C17H22BrN. The number of nitrogens with one attached hydrogen (secondary N) is 1. The van der Waals surface area contributed by atoms with Gasteiger partial charge in [0.25, 0.3) is 0 Å². The van der Waals surface area contributed by atoms with Gasteiger partial charge in [-0.1, -0.05) is 47.5 Å². The van der Waals surface area contributed by atoms with Gasteiger partial charge in [0, 0.05) is 22.5 Å². The van der Waals surface area contributed by atoms with Crippen LogP contribution < -0.4 is 5.32 Å². The molecule has 3 aliphatic rings. The summed E-state index contributed by atoms with van der Waals surface area (Å²) in [5.41, 5.74) is 4.66. The molecule has 4 rings (SSSR count). The fourth-order valence-corrected chi connectivity index (χ4v) is 4.77. The maximum Gasteiger partial charge on any atom is 0.0331 e. The maximum absolute atomic E-state index is 4.11. The van der Waals surface area contributed by atoms with Crippen molar-refractivity contribution in [3.05, 3.63) is 46.0 Å². The Morgan fingerprint density at radius 1 is 1.47 bits per heavy atom. The largest absolute Gasteiger partial charge is 0.306 e. The van der Waals surface area contributed by atoms with Gasteiger partial charge in [-0.3, -0.25) is 0 Å². The van der Waals surface area contributed by atoms with Crippen molar-refractivity contribution in [2.45, 2.75) is 51.6 Å². The maximum atomic E-state index is 4.11. The van der Waals surface area contributed by atoms with Gasteiger partial charge in [0.15, 0.2) is 0 Å². The van der Waals surface area contributed by atoms with Gasteiger partial charge in [-0.05, 0) is 42.4 Å². The van der Waals surface area contributed by atoms with Crippen LogP contribution >= 0.6 is 15.9 Å². The Kier molecular flexibility index (Phi) is 3.14. The molecule has 1 N–H and O–H groups in total. The molecule has 0 aromatic heterocycles. The van der Waals surface area contributed by atoms with Crippen molar-refractivity contribution in [1.29, 1.82) is 0 Å². The van der Waals surface area contributed by atoms with Crippen molar-refractivity contribution in [2.75, 3.05) is 0 Å². The van der Waals surface area contributed by atoms with Crippen molar-refractivity contribution in [2.24, 2.45) is 5.41 Å². The topological polar surface area (TPSA) is 12.0 Å². The minimum absolute atomic E-state index is 0.354. The first-order chi connectivity index (χ1) is 8.90. The van der Waals surface area contributed by atoms with Crippen LogP contribution in [0.3, 0.4) is 0 Å². The fourth-order valence-electron chi connectivity index (χ4n) is 4.14. The Hall–Kier alpha value is -0.600. The summed E-state index contributed by atoms with van der Waals surface area (Å²) in [5, 5.41) is 3.84. The predicted molar refractivity (Wildman–Crippen MR) is 84.4 cm³/mol. The van der Waals surface area contributed by atoms with E-state index in [1.54, 1.807) is 0 Å². The van der Waals surface area contributed by atoms with Crippen LogP contribution in [0.1, 0.15) is 56.7 Å². The molecule has 1 aromatic rings. The number of benzene rings is 1. The summed E-state index contributed by atoms with van der Waals surface area (Å²) in [4.78, 5) is 0. The second kappa shape index (κ2) is 4.46. The smallest absolute Gasteiger partial charge is 0.0331 e. The molecule has 1 nitrogen and oxygen atoms in total. The van der Waals surface area contributed by atoms with Crippen LogP contribution in [-0.2, 0) is 0 Å². The van der Waals surface area contributed by atoms with Gasteiger partial charge in [-0.2, -0.15) is 0 Å². The highest BCUT2D eigenvalue weighted by Crippen LogP contribution is 2.57. The molecule has 0 amide bonds. The molecule has 1 aliphatic carbocycles. The SMILES string of the molecule is C=C(C)C[C@@H]1N[C@H]2CC(C)(C)[C@H]1c1c(Br)cccc12. The second-order valence-corrected chi connectivity index (χ2v) is 7.75. The summed E-state index contributed by atoms with van der Waals surface area (Å²) in [6, 6.07) is 7.66. The van der Waals surface area contributed by atoms with Gasteiger partial charge < -0.3 is 5.32 Å². The molecule has 3 atom stereocenters. The molecule has 1 aromatic carbocycles. The molecule has 102 valence electrons. The molecule has 1 saturated heterocycles. The summed E-state index contributed by atoms with van der Waals surface area (Å²) in [5.74, 6) is 0.569. The Bertz CT molecular complexity index is 532. The average Bonchev–Trinajstić information content (AvgIpc) is 2.27. The van der Waals surface area contributed by atoms with Gasteiger partial charge in [-0.25, -0.2) is 0 Å². The van der Waals surface area contributed by atoms with Gasteiger partial charge in [0.1, 0.15) is 0 Å². The van der Waals surface area contributed by atoms with E-state index in [2.05, 4.69) is 66.8 Å². The van der Waals surface area contributed by atoms with E-state index in [4.69, 9.17) is 0 Å². The number of fused-ring (bicyclic) bond motifs is 2. The van der Waals surface area contributed by atoms with E-state index in [1.165, 1.54) is 27.6 Å². The van der Waals surface area contributed by atoms with Crippen molar-refractivity contribution in [3.8, 4) is 0 Å². The molecule has 2 heteroatoms. The highest BCUT2D eigenvalue weighted by atomic mass is 79.9. The van der Waals surface area contributed by atoms with E-state index >= 15 is 0 Å². The third-order valence-electron chi connectivity index (χ3n) is 4.73. The molecule has 0 saturated carbocycles. The van der Waals surface area contributed by atoms with Gasteiger partial charge in [0.05, 0.1) is 0 Å². The molecule has 1 fully saturated rings. The lowest BCUT2D eigenvalue weighted by Gasteiger charge is -2.54. The number of rotatable bonds is 2. The molecule has 19 heavy (non-hydrogen) atoms. The predicted octanol–water partition coefficient (Wildman–Crippen LogP) is 4.94. The van der Waals surface area contributed by atoms with Crippen molar-refractivity contribution in [1.82, 2.24) is 5.32 Å². The monoisotopic (exact) mass is 319 g/mol. The third kappa shape index (κ3) is 2.09. The Morgan fingerprint density at radius 2 is 2.21 bits per heavy atom. The van der Waals surface area contributed by atoms with E-state index < -0.39 is 0 Å². The normalized spacial score (nSPS) is 31.1. The molecule has 0 unspecified atom stereocenters. The van der Waals surface area contributed by atoms with E-state index in [0.29, 0.717) is 23.4 Å². The van der Waals surface area contributed by atoms with Crippen LogP contribution in [0.4, 0.5) is 0 Å². The number of hydrogen-bond donors (Lipinski definition) is 1. The minimum Gasteiger partial charge on any atom is -0.306 e. The van der Waals surface area contributed by atoms with Crippen molar-refractivity contribution < 1.29 is 0 Å². The van der Waals surface area contributed by atoms with Crippen LogP contribution in [0.2, 0.25) is 0 Å². The van der Waals surface area contributed by atoms with Gasteiger partial charge >= 0.3 is 0 Å². The first-order valence-electron chi connectivity index (χ1n) is 7.09. The zero-order valence-electron chi connectivity index (χ0n) is 12.0. The van der Waals surface area contributed by atoms with Crippen LogP contribution in [0.25, 0.3) is 0 Å². The standard InChI is InChI=1S/C17H22BrN/c1-10(2)8-13-16-15-11(6-5-7-12(15)18)14(19-13)9-17(16,3)4/h5-7,13-14,16,19H,1,8-9H2,2-4H3/t13-,14-,16+/m0/s1. The van der Waals surface area contributed by atoms with Crippen LogP contribution in [0.15, 0.2) is 34.8 Å².